The smallest absolute Gasteiger partial charge is 0.0455 e. The predicted molar refractivity (Wildman–Crippen MR) is 128 cm³/mol. The van der Waals surface area contributed by atoms with Crippen molar-refractivity contribution in [2.45, 2.75) is 161 Å². The zero-order valence-electron chi connectivity index (χ0n) is 19.6. The fourth-order valence-electron chi connectivity index (χ4n) is 4.12. The van der Waals surface area contributed by atoms with Crippen LogP contribution in [0.5, 0.6) is 0 Å². The van der Waals surface area contributed by atoms with E-state index in [4.69, 9.17) is 5.73 Å². The van der Waals surface area contributed by atoms with Gasteiger partial charge in [0.1, 0.15) is 0 Å². The monoisotopic (exact) mass is 391 g/mol. The first-order valence-electron chi connectivity index (χ1n) is 13.2. The van der Waals surface area contributed by atoms with E-state index >= 15 is 0 Å². The number of unbranched alkanes of at least 4 members (excludes halogenated alkanes) is 23. The van der Waals surface area contributed by atoms with Crippen molar-refractivity contribution in [1.82, 2.24) is 5.73 Å². The first-order valence-corrected chi connectivity index (χ1v) is 13.2. The van der Waals surface area contributed by atoms with Gasteiger partial charge in [-0.15, -0.1) is 0 Å². The number of hydrogen-bond donors (Lipinski definition) is 0. The minimum absolute atomic E-state index is 1.04. The van der Waals surface area contributed by atoms with Gasteiger partial charge in [-0.2, -0.15) is 5.73 Å². The maximum atomic E-state index is 8.56. The topological polar surface area (TPSA) is 22.3 Å². The van der Waals surface area contributed by atoms with E-state index in [-0.39, 0.29) is 0 Å². The molecule has 0 rings (SSSR count). The van der Waals surface area contributed by atoms with Crippen LogP contribution in [-0.4, -0.2) is 0 Å². The highest BCUT2D eigenvalue weighted by atomic mass is 14.5. The normalized spacial score (nSPS) is 11.6. The lowest BCUT2D eigenvalue weighted by Gasteiger charge is -2.04. The Balaban J connectivity index is 2.98. The van der Waals surface area contributed by atoms with Gasteiger partial charge in [0.15, 0.2) is 0 Å². The van der Waals surface area contributed by atoms with Crippen molar-refractivity contribution in [2.75, 3.05) is 0 Å². The molecule has 0 saturated carbocycles. The van der Waals surface area contributed by atoms with E-state index in [0.717, 1.165) is 6.42 Å². The Kier molecular flexibility index (Phi) is 26.1. The molecule has 166 valence electrons. The lowest BCUT2D eigenvalue weighted by molar-refractivity contribution is 0.518. The fraction of sp³-hybridized carbons (Fsp3) is 0.926. The summed E-state index contributed by atoms with van der Waals surface area (Å²) in [6.45, 7) is 2.30. The molecule has 0 aliphatic rings. The molecule has 0 amide bonds. The molecule has 1 nitrogen and oxygen atoms in total. The summed E-state index contributed by atoms with van der Waals surface area (Å²) in [6, 6.07) is 0. The molecule has 0 saturated heterocycles. The maximum Gasteiger partial charge on any atom is 0.0455 e. The molecule has 0 bridgehead atoms. The fourth-order valence-corrected chi connectivity index (χ4v) is 4.12. The Bertz CT molecular complexity index is 284. The summed E-state index contributed by atoms with van der Waals surface area (Å²) in [5.74, 6) is 0. The molecule has 0 aromatic rings. The van der Waals surface area contributed by atoms with Gasteiger partial charge >= 0.3 is 0 Å². The maximum absolute atomic E-state index is 8.56. The molecule has 0 unspecified atom stereocenters. The van der Waals surface area contributed by atoms with Crippen molar-refractivity contribution in [1.29, 1.82) is 0 Å². The van der Waals surface area contributed by atoms with Crippen LogP contribution < -0.4 is 5.73 Å². The Hall–Kier alpha value is -0.460. The molecule has 0 atom stereocenters. The molecule has 0 fully saturated rings. The van der Waals surface area contributed by atoms with Gasteiger partial charge in [0.25, 0.3) is 0 Å². The van der Waals surface area contributed by atoms with E-state index in [0.29, 0.717) is 0 Å². The summed E-state index contributed by atoms with van der Waals surface area (Å²) in [5, 5.41) is 0. The first-order chi connectivity index (χ1) is 13.9. The number of nitrogens with zero attached hydrogens (tertiary/aromatic N) is 1. The van der Waals surface area contributed by atoms with E-state index < -0.39 is 0 Å². The lowest BCUT2D eigenvalue weighted by Crippen LogP contribution is -1.84. The van der Waals surface area contributed by atoms with Crippen LogP contribution in [0.25, 0.3) is 0 Å². The van der Waals surface area contributed by atoms with E-state index in [9.17, 15) is 0 Å². The molecule has 0 N–H and O–H groups in total. The summed E-state index contributed by atoms with van der Waals surface area (Å²) < 4.78 is 0. The quantitative estimate of drug-likeness (QED) is 0.146. The van der Waals surface area contributed by atoms with Crippen molar-refractivity contribution in [3.05, 3.63) is 12.3 Å². The summed E-state index contributed by atoms with van der Waals surface area (Å²) >= 11 is 0. The third-order valence-corrected chi connectivity index (χ3v) is 6.08. The van der Waals surface area contributed by atoms with Crippen LogP contribution in [0.2, 0.25) is 0 Å². The average Bonchev–Trinajstić information content (AvgIpc) is 2.71. The third kappa shape index (κ3) is 25.5. The number of rotatable bonds is 24. The van der Waals surface area contributed by atoms with E-state index in [1.165, 1.54) is 154 Å². The Morgan fingerprint density at radius 3 is 0.893 bits per heavy atom. The SMILES string of the molecule is CCCCCCCCCCCCCCCCCCCCCCCCC/C=C/[N]. The largest absolute Gasteiger partial charge is 0.160 e. The molecule has 0 aromatic heterocycles. The molecule has 0 aliphatic heterocycles. The van der Waals surface area contributed by atoms with Gasteiger partial charge in [0, 0.05) is 6.20 Å². The second-order valence-corrected chi connectivity index (χ2v) is 8.95. The van der Waals surface area contributed by atoms with Crippen LogP contribution in [0.3, 0.4) is 0 Å². The van der Waals surface area contributed by atoms with Gasteiger partial charge in [-0.1, -0.05) is 154 Å². The van der Waals surface area contributed by atoms with E-state index in [1.807, 2.05) is 6.08 Å². The Labute approximate surface area is 179 Å². The summed E-state index contributed by atoms with van der Waals surface area (Å²) in [4.78, 5) is 0. The molecular formula is C27H53N. The van der Waals surface area contributed by atoms with Crippen LogP contribution in [0.15, 0.2) is 12.3 Å². The standard InChI is InChI=1S/C27H53N/c1-2-3-4-5-6-7-8-9-10-11-12-13-14-15-16-17-18-19-20-21-22-23-24-25-26-27-28/h26-27H,2-25H2,1H3/b27-26+. The Morgan fingerprint density at radius 1 is 0.393 bits per heavy atom. The summed E-state index contributed by atoms with van der Waals surface area (Å²) in [5.41, 5.74) is 8.56. The molecule has 2 radical (unpaired) electrons. The van der Waals surface area contributed by atoms with E-state index in [1.54, 1.807) is 0 Å². The van der Waals surface area contributed by atoms with Crippen molar-refractivity contribution in [2.24, 2.45) is 0 Å². The highest BCUT2D eigenvalue weighted by molar-refractivity contribution is 4.74. The highest BCUT2D eigenvalue weighted by Crippen LogP contribution is 2.15. The molecule has 0 aliphatic carbocycles. The van der Waals surface area contributed by atoms with Crippen molar-refractivity contribution in [3.63, 3.8) is 0 Å². The van der Waals surface area contributed by atoms with Crippen LogP contribution in [0.4, 0.5) is 0 Å². The Morgan fingerprint density at radius 2 is 0.643 bits per heavy atom. The van der Waals surface area contributed by atoms with Crippen molar-refractivity contribution in [3.8, 4) is 0 Å². The van der Waals surface area contributed by atoms with Crippen molar-refractivity contribution >= 4 is 0 Å². The lowest BCUT2D eigenvalue weighted by atomic mass is 10.0. The van der Waals surface area contributed by atoms with Gasteiger partial charge in [-0.25, -0.2) is 0 Å². The summed E-state index contributed by atoms with van der Waals surface area (Å²) in [7, 11) is 0. The molecule has 1 heteroatoms. The number of allylic oxidation sites excluding steroid dienone is 1. The minimum atomic E-state index is 1.04. The third-order valence-electron chi connectivity index (χ3n) is 6.08. The van der Waals surface area contributed by atoms with Gasteiger partial charge in [-0.3, -0.25) is 0 Å². The molecule has 0 aromatic carbocycles. The molecule has 0 heterocycles. The van der Waals surface area contributed by atoms with Crippen LogP contribution in [0.1, 0.15) is 161 Å². The van der Waals surface area contributed by atoms with Gasteiger partial charge in [0.05, 0.1) is 0 Å². The minimum Gasteiger partial charge on any atom is -0.160 e. The van der Waals surface area contributed by atoms with Crippen molar-refractivity contribution < 1.29 is 0 Å². The van der Waals surface area contributed by atoms with Gasteiger partial charge in [-0.05, 0) is 12.8 Å². The average molecular weight is 392 g/mol. The number of hydrogen-bond acceptors (Lipinski definition) is 0. The highest BCUT2D eigenvalue weighted by Gasteiger charge is 1.95. The first kappa shape index (κ1) is 27.5. The van der Waals surface area contributed by atoms with Gasteiger partial charge in [0.2, 0.25) is 0 Å². The van der Waals surface area contributed by atoms with Crippen LogP contribution >= 0.6 is 0 Å². The second kappa shape index (κ2) is 26.5. The molecule has 0 spiro atoms. The van der Waals surface area contributed by atoms with E-state index in [2.05, 4.69) is 6.92 Å². The summed E-state index contributed by atoms with van der Waals surface area (Å²) in [6.07, 6.45) is 37.1. The molecular weight excluding hydrogens is 338 g/mol. The van der Waals surface area contributed by atoms with Gasteiger partial charge < -0.3 is 0 Å². The van der Waals surface area contributed by atoms with Crippen LogP contribution in [-0.2, 0) is 0 Å². The van der Waals surface area contributed by atoms with Crippen LogP contribution in [0, 0.1) is 0 Å². The zero-order chi connectivity index (χ0) is 20.4. The molecule has 28 heavy (non-hydrogen) atoms. The predicted octanol–water partition coefficient (Wildman–Crippen LogP) is 9.95. The zero-order valence-corrected chi connectivity index (χ0v) is 19.6. The second-order valence-electron chi connectivity index (χ2n) is 8.95.